The Labute approximate surface area is 149 Å². The maximum Gasteiger partial charge on any atom is 0.573 e. The van der Waals surface area contributed by atoms with Crippen LogP contribution < -0.4 is 9.47 Å². The Morgan fingerprint density at radius 1 is 1.00 bits per heavy atom. The number of nitrogens with zero attached hydrogens (tertiary/aromatic N) is 1. The number of aromatic nitrogens is 1. The van der Waals surface area contributed by atoms with E-state index in [9.17, 15) is 26.3 Å². The van der Waals surface area contributed by atoms with Crippen LogP contribution in [0.1, 0.15) is 16.7 Å². The normalized spacial score (nSPS) is 16.0. The van der Waals surface area contributed by atoms with E-state index in [1.807, 2.05) is 0 Å². The lowest BCUT2D eigenvalue weighted by Gasteiger charge is -2.25. The highest BCUT2D eigenvalue weighted by Crippen LogP contribution is 2.38. The maximum atomic E-state index is 12.9. The van der Waals surface area contributed by atoms with Gasteiger partial charge in [-0.15, -0.1) is 13.2 Å². The number of fused-ring (bicyclic) bond motifs is 1. The predicted octanol–water partition coefficient (Wildman–Crippen LogP) is 4.72. The van der Waals surface area contributed by atoms with Crippen molar-refractivity contribution in [3.8, 4) is 23.3 Å². The Bertz CT molecular complexity index is 923. The molecule has 0 fully saturated rings. The van der Waals surface area contributed by atoms with Gasteiger partial charge < -0.3 is 9.47 Å². The third kappa shape index (κ3) is 4.73. The Hall–Kier alpha value is -3.15. The van der Waals surface area contributed by atoms with Gasteiger partial charge in [0.1, 0.15) is 11.5 Å². The monoisotopic (exact) mass is 385 g/mol. The minimum absolute atomic E-state index is 0.00345. The first kappa shape index (κ1) is 18.6. The second kappa shape index (κ2) is 6.87. The molecular weight excluding hydrogens is 376 g/mol. The van der Waals surface area contributed by atoms with Crippen LogP contribution in [0.25, 0.3) is 6.08 Å². The number of hydrogen-bond acceptors (Lipinski definition) is 3. The summed E-state index contributed by atoms with van der Waals surface area (Å²) in [6.45, 7) is 0. The summed E-state index contributed by atoms with van der Waals surface area (Å²) in [7, 11) is 0. The predicted molar refractivity (Wildman–Crippen MR) is 82.8 cm³/mol. The molecule has 1 aliphatic rings. The van der Waals surface area contributed by atoms with E-state index >= 15 is 0 Å². The highest BCUT2D eigenvalue weighted by molar-refractivity contribution is 5.68. The molecular formula is C18H9F6NO2. The molecule has 2 aromatic rings. The Morgan fingerprint density at radius 3 is 2.33 bits per heavy atom. The van der Waals surface area contributed by atoms with E-state index in [0.29, 0.717) is 11.6 Å². The molecule has 0 aliphatic carbocycles. The van der Waals surface area contributed by atoms with Gasteiger partial charge in [0, 0.05) is 23.5 Å². The van der Waals surface area contributed by atoms with Crippen LogP contribution in [-0.4, -0.2) is 23.6 Å². The van der Waals surface area contributed by atoms with Gasteiger partial charge in [-0.3, -0.25) is 4.98 Å². The molecule has 1 aromatic heterocycles. The molecule has 3 nitrogen and oxygen atoms in total. The summed E-state index contributed by atoms with van der Waals surface area (Å²) in [5.41, 5.74) is 0.304. The van der Waals surface area contributed by atoms with Gasteiger partial charge in [-0.2, -0.15) is 13.2 Å². The van der Waals surface area contributed by atoms with Crippen LogP contribution in [0.5, 0.6) is 11.5 Å². The van der Waals surface area contributed by atoms with Crippen molar-refractivity contribution in [1.82, 2.24) is 4.98 Å². The van der Waals surface area contributed by atoms with Crippen molar-refractivity contribution in [2.45, 2.75) is 18.6 Å². The summed E-state index contributed by atoms with van der Waals surface area (Å²) in [6.07, 6.45) is -7.23. The van der Waals surface area contributed by atoms with Crippen molar-refractivity contribution in [2.24, 2.45) is 0 Å². The molecule has 0 radical (unpaired) electrons. The van der Waals surface area contributed by atoms with Gasteiger partial charge >= 0.3 is 12.5 Å². The third-order valence-corrected chi connectivity index (χ3v) is 3.36. The van der Waals surface area contributed by atoms with Gasteiger partial charge in [-0.1, -0.05) is 17.9 Å². The van der Waals surface area contributed by atoms with Crippen molar-refractivity contribution in [2.75, 3.05) is 0 Å². The quantitative estimate of drug-likeness (QED) is 0.526. The van der Waals surface area contributed by atoms with Crippen LogP contribution in [0.15, 0.2) is 42.7 Å². The minimum atomic E-state index is -4.96. The number of halogens is 6. The zero-order valence-electron chi connectivity index (χ0n) is 13.2. The van der Waals surface area contributed by atoms with Crippen molar-refractivity contribution in [3.63, 3.8) is 0 Å². The molecule has 0 N–H and O–H groups in total. The van der Waals surface area contributed by atoms with E-state index in [1.165, 1.54) is 24.5 Å². The molecule has 1 unspecified atom stereocenters. The summed E-state index contributed by atoms with van der Waals surface area (Å²) in [5, 5.41) is 0. The van der Waals surface area contributed by atoms with Gasteiger partial charge in [-0.05, 0) is 30.3 Å². The van der Waals surface area contributed by atoms with E-state index in [0.717, 1.165) is 18.2 Å². The van der Waals surface area contributed by atoms with E-state index in [4.69, 9.17) is 4.74 Å². The number of hydrogen-bond donors (Lipinski definition) is 0. The zero-order chi connectivity index (χ0) is 19.7. The molecule has 1 aliphatic heterocycles. The molecule has 2 heterocycles. The van der Waals surface area contributed by atoms with Crippen LogP contribution in [0.2, 0.25) is 0 Å². The average Bonchev–Trinajstić information content (AvgIpc) is 2.58. The standard InChI is InChI=1S/C18H9F6NO2/c19-17(20,21)15-4-3-13-10-14(27-18(22,23)24)9-12(16(13)26-15)2-1-11-5-7-25-8-6-11/h3-10,15H. The topological polar surface area (TPSA) is 31.4 Å². The number of benzene rings is 1. The Kier molecular flexibility index (Phi) is 4.74. The third-order valence-electron chi connectivity index (χ3n) is 3.36. The number of ether oxygens (including phenoxy) is 2. The Morgan fingerprint density at radius 2 is 1.70 bits per heavy atom. The summed E-state index contributed by atoms with van der Waals surface area (Å²) in [5.74, 6) is 4.30. The lowest BCUT2D eigenvalue weighted by atomic mass is 10.0. The molecule has 27 heavy (non-hydrogen) atoms. The van der Waals surface area contributed by atoms with Crippen molar-refractivity contribution >= 4 is 6.08 Å². The van der Waals surface area contributed by atoms with Crippen molar-refractivity contribution in [1.29, 1.82) is 0 Å². The molecule has 1 atom stereocenters. The van der Waals surface area contributed by atoms with Gasteiger partial charge in [0.25, 0.3) is 0 Å². The Balaban J connectivity index is 2.06. The summed E-state index contributed by atoms with van der Waals surface area (Å²) >= 11 is 0. The molecule has 3 rings (SSSR count). The van der Waals surface area contributed by atoms with Gasteiger partial charge in [0.2, 0.25) is 6.10 Å². The van der Waals surface area contributed by atoms with Crippen LogP contribution in [-0.2, 0) is 0 Å². The second-order valence-corrected chi connectivity index (χ2v) is 5.36. The molecule has 140 valence electrons. The van der Waals surface area contributed by atoms with E-state index in [-0.39, 0.29) is 16.9 Å². The fourth-order valence-electron chi connectivity index (χ4n) is 2.27. The molecule has 0 spiro atoms. The summed E-state index contributed by atoms with van der Waals surface area (Å²) < 4.78 is 85.1. The molecule has 9 heteroatoms. The molecule has 0 bridgehead atoms. The fourth-order valence-corrected chi connectivity index (χ4v) is 2.27. The first-order valence-corrected chi connectivity index (χ1v) is 7.39. The minimum Gasteiger partial charge on any atom is -0.475 e. The van der Waals surface area contributed by atoms with E-state index in [1.54, 1.807) is 0 Å². The second-order valence-electron chi connectivity index (χ2n) is 5.36. The van der Waals surface area contributed by atoms with Crippen LogP contribution in [0.3, 0.4) is 0 Å². The largest absolute Gasteiger partial charge is 0.573 e. The van der Waals surface area contributed by atoms with Gasteiger partial charge in [-0.25, -0.2) is 0 Å². The van der Waals surface area contributed by atoms with Crippen LogP contribution in [0, 0.1) is 11.8 Å². The maximum absolute atomic E-state index is 12.9. The fraction of sp³-hybridized carbons (Fsp3) is 0.167. The first-order valence-electron chi connectivity index (χ1n) is 7.39. The van der Waals surface area contributed by atoms with Gasteiger partial charge in [0.05, 0.1) is 5.56 Å². The smallest absolute Gasteiger partial charge is 0.475 e. The molecule has 0 saturated heterocycles. The SMILES string of the molecule is FC(F)(F)Oc1cc(C#Cc2ccncc2)c2c(c1)C=CC(C(F)(F)F)O2. The average molecular weight is 385 g/mol. The number of pyridine rings is 1. The lowest BCUT2D eigenvalue weighted by molar-refractivity contribution is -0.274. The summed E-state index contributed by atoms with van der Waals surface area (Å²) in [4.78, 5) is 3.79. The van der Waals surface area contributed by atoms with Crippen LogP contribution in [0.4, 0.5) is 26.3 Å². The lowest BCUT2D eigenvalue weighted by Crippen LogP contribution is -2.34. The number of alkyl halides is 6. The first-order chi connectivity index (χ1) is 12.6. The van der Waals surface area contributed by atoms with E-state index in [2.05, 4.69) is 21.6 Å². The van der Waals surface area contributed by atoms with Crippen molar-refractivity contribution in [3.05, 3.63) is 59.4 Å². The molecule has 1 aromatic carbocycles. The molecule has 0 saturated carbocycles. The highest BCUT2D eigenvalue weighted by Gasteiger charge is 2.42. The van der Waals surface area contributed by atoms with Crippen molar-refractivity contribution < 1.29 is 35.8 Å². The van der Waals surface area contributed by atoms with Crippen LogP contribution >= 0.6 is 0 Å². The molecule has 0 amide bonds. The zero-order valence-corrected chi connectivity index (χ0v) is 13.2. The van der Waals surface area contributed by atoms with Gasteiger partial charge in [0.15, 0.2) is 0 Å². The van der Waals surface area contributed by atoms with E-state index < -0.39 is 24.4 Å². The summed E-state index contributed by atoms with van der Waals surface area (Å²) in [6, 6.07) is 4.89. The number of rotatable bonds is 1. The highest BCUT2D eigenvalue weighted by atomic mass is 19.4.